The Morgan fingerprint density at radius 1 is 0.758 bits per heavy atom. The van der Waals surface area contributed by atoms with Crippen LogP contribution in [0.3, 0.4) is 0 Å². The van der Waals surface area contributed by atoms with Gasteiger partial charge in [0.2, 0.25) is 11.8 Å². The van der Waals surface area contributed by atoms with E-state index in [9.17, 15) is 19.2 Å². The van der Waals surface area contributed by atoms with E-state index in [4.69, 9.17) is 9.47 Å². The Morgan fingerprint density at radius 3 is 1.76 bits per heavy atom. The van der Waals surface area contributed by atoms with Crippen LogP contribution in [0.1, 0.15) is 44.1 Å². The molecule has 3 N–H and O–H groups in total. The van der Waals surface area contributed by atoms with E-state index in [-0.39, 0.29) is 60.3 Å². The third-order valence-corrected chi connectivity index (χ3v) is 7.17. The molecule has 6 atom stereocenters. The van der Waals surface area contributed by atoms with Crippen molar-refractivity contribution in [3.8, 4) is 0 Å². The minimum absolute atomic E-state index is 0.127. The number of benzene rings is 1. The fourth-order valence-electron chi connectivity index (χ4n) is 4.58. The third kappa shape index (κ3) is 5.29. The Hall–Kier alpha value is -3.10. The molecular weight excluding hydrogens is 426 g/mol. The van der Waals surface area contributed by atoms with Crippen LogP contribution in [0.2, 0.25) is 0 Å². The summed E-state index contributed by atoms with van der Waals surface area (Å²) in [5.74, 6) is -1.47. The van der Waals surface area contributed by atoms with Gasteiger partial charge in [-0.2, -0.15) is 0 Å². The molecule has 0 radical (unpaired) electrons. The molecule has 0 aromatic heterocycles. The molecule has 9 heteroatoms. The number of methoxy groups -OCH3 is 1. The predicted molar refractivity (Wildman–Crippen MR) is 118 cm³/mol. The molecule has 3 amide bonds. The molecule has 178 valence electrons. The Balaban J connectivity index is 1.19. The van der Waals surface area contributed by atoms with Gasteiger partial charge in [-0.3, -0.25) is 14.4 Å². The zero-order valence-electron chi connectivity index (χ0n) is 18.8. The second kappa shape index (κ2) is 10.2. The van der Waals surface area contributed by atoms with Gasteiger partial charge in [0.25, 0.3) is 0 Å². The average molecular weight is 458 g/mol. The van der Waals surface area contributed by atoms with Gasteiger partial charge in [-0.25, -0.2) is 4.79 Å². The van der Waals surface area contributed by atoms with Gasteiger partial charge in [0.1, 0.15) is 6.61 Å². The molecule has 0 spiro atoms. The van der Waals surface area contributed by atoms with E-state index in [1.54, 1.807) is 0 Å². The third-order valence-electron chi connectivity index (χ3n) is 7.17. The van der Waals surface area contributed by atoms with Crippen molar-refractivity contribution in [2.75, 3.05) is 7.11 Å². The van der Waals surface area contributed by atoms with Crippen LogP contribution in [-0.4, -0.2) is 49.1 Å². The molecule has 0 heterocycles. The molecule has 9 nitrogen and oxygen atoms in total. The molecule has 1 aromatic carbocycles. The number of carbonyl (C=O) groups excluding carboxylic acids is 4. The maximum atomic E-state index is 12.7. The van der Waals surface area contributed by atoms with Crippen LogP contribution < -0.4 is 16.0 Å². The van der Waals surface area contributed by atoms with E-state index < -0.39 is 6.09 Å². The van der Waals surface area contributed by atoms with Crippen molar-refractivity contribution in [1.82, 2.24) is 16.0 Å². The van der Waals surface area contributed by atoms with E-state index in [1.807, 2.05) is 30.3 Å². The van der Waals surface area contributed by atoms with Crippen molar-refractivity contribution in [3.05, 3.63) is 35.9 Å². The summed E-state index contributed by atoms with van der Waals surface area (Å²) in [6.07, 6.45) is 3.76. The van der Waals surface area contributed by atoms with Crippen molar-refractivity contribution in [1.29, 1.82) is 0 Å². The van der Waals surface area contributed by atoms with Gasteiger partial charge in [-0.1, -0.05) is 30.3 Å². The summed E-state index contributed by atoms with van der Waals surface area (Å²) < 4.78 is 10.0. The number of hydrogen-bond donors (Lipinski definition) is 3. The maximum absolute atomic E-state index is 12.7. The van der Waals surface area contributed by atoms with Crippen molar-refractivity contribution < 1.29 is 28.7 Å². The normalized spacial score (nSPS) is 29.8. The fraction of sp³-hybridized carbons (Fsp3) is 0.583. The molecular formula is C24H31N3O6. The monoisotopic (exact) mass is 457 g/mol. The van der Waals surface area contributed by atoms with Gasteiger partial charge in [-0.15, -0.1) is 0 Å². The van der Waals surface area contributed by atoms with Crippen LogP contribution in [0.15, 0.2) is 30.3 Å². The van der Waals surface area contributed by atoms with E-state index in [0.29, 0.717) is 25.7 Å². The zero-order valence-corrected chi connectivity index (χ0v) is 18.8. The molecule has 0 aliphatic heterocycles. The van der Waals surface area contributed by atoms with E-state index in [0.717, 1.165) is 18.4 Å². The Bertz CT molecular complexity index is 891. The van der Waals surface area contributed by atoms with Gasteiger partial charge < -0.3 is 25.4 Å². The van der Waals surface area contributed by atoms with Crippen molar-refractivity contribution in [2.45, 2.75) is 63.3 Å². The second-order valence-electron chi connectivity index (χ2n) is 9.12. The maximum Gasteiger partial charge on any atom is 0.407 e. The van der Waals surface area contributed by atoms with Crippen LogP contribution in [0.25, 0.3) is 0 Å². The number of carbonyl (C=O) groups is 4. The molecule has 0 saturated heterocycles. The summed E-state index contributed by atoms with van der Waals surface area (Å²) >= 11 is 0. The first-order valence-electron chi connectivity index (χ1n) is 11.6. The van der Waals surface area contributed by atoms with Gasteiger partial charge in [0.15, 0.2) is 0 Å². The Labute approximate surface area is 193 Å². The van der Waals surface area contributed by atoms with Crippen molar-refractivity contribution >= 4 is 23.9 Å². The van der Waals surface area contributed by atoms with Gasteiger partial charge in [0, 0.05) is 18.1 Å². The van der Waals surface area contributed by atoms with Gasteiger partial charge >= 0.3 is 12.1 Å². The number of alkyl carbamates (subject to hydrolysis) is 1. The summed E-state index contributed by atoms with van der Waals surface area (Å²) in [4.78, 5) is 49.2. The van der Waals surface area contributed by atoms with Crippen LogP contribution in [0, 0.1) is 17.8 Å². The Morgan fingerprint density at radius 2 is 1.27 bits per heavy atom. The number of hydrogen-bond acceptors (Lipinski definition) is 6. The van der Waals surface area contributed by atoms with Crippen LogP contribution in [0.4, 0.5) is 4.79 Å². The summed E-state index contributed by atoms with van der Waals surface area (Å²) in [5, 5.41) is 8.70. The highest BCUT2D eigenvalue weighted by atomic mass is 16.5. The summed E-state index contributed by atoms with van der Waals surface area (Å²) in [7, 11) is 1.35. The fourth-order valence-corrected chi connectivity index (χ4v) is 4.58. The summed E-state index contributed by atoms with van der Waals surface area (Å²) in [6, 6.07) is 8.71. The van der Waals surface area contributed by atoms with E-state index in [1.165, 1.54) is 7.11 Å². The molecule has 3 aliphatic carbocycles. The lowest BCUT2D eigenvalue weighted by molar-refractivity contribution is -0.150. The number of amides is 3. The van der Waals surface area contributed by atoms with Crippen LogP contribution in [-0.2, 0) is 30.5 Å². The number of nitrogens with one attached hydrogen (secondary N) is 3. The lowest BCUT2D eigenvalue weighted by Crippen LogP contribution is -2.60. The molecule has 3 fully saturated rings. The highest BCUT2D eigenvalue weighted by Gasteiger charge is 2.45. The summed E-state index contributed by atoms with van der Waals surface area (Å²) in [6.45, 7) is 0.174. The standard InChI is InChI=1S/C24H31N3O6/c1-32-23(30)17-9-12-20(17)26-21(28)15-7-10-18(15)25-22(29)16-8-11-19(16)27-24(31)33-13-14-5-3-2-4-6-14/h2-6,15-20H,7-13H2,1H3,(H,25,29)(H,26,28)(H,27,31)/t15-,16-,17-,18+,19+,20+/m1/s1. The first kappa shape index (κ1) is 23.1. The first-order chi connectivity index (χ1) is 16.0. The van der Waals surface area contributed by atoms with Crippen molar-refractivity contribution in [2.24, 2.45) is 17.8 Å². The van der Waals surface area contributed by atoms with Crippen LogP contribution in [0.5, 0.6) is 0 Å². The number of esters is 1. The average Bonchev–Trinajstić information content (AvgIpc) is 2.76. The quantitative estimate of drug-likeness (QED) is 0.510. The molecule has 0 bridgehead atoms. The zero-order chi connectivity index (χ0) is 23.4. The largest absolute Gasteiger partial charge is 0.469 e. The van der Waals surface area contributed by atoms with Crippen LogP contribution >= 0.6 is 0 Å². The highest BCUT2D eigenvalue weighted by Crippen LogP contribution is 2.33. The predicted octanol–water partition coefficient (Wildman–Crippen LogP) is 1.65. The molecule has 3 saturated carbocycles. The molecule has 3 aliphatic rings. The van der Waals surface area contributed by atoms with Crippen molar-refractivity contribution in [3.63, 3.8) is 0 Å². The van der Waals surface area contributed by atoms with Gasteiger partial charge in [-0.05, 0) is 44.1 Å². The van der Waals surface area contributed by atoms with E-state index in [2.05, 4.69) is 16.0 Å². The van der Waals surface area contributed by atoms with Gasteiger partial charge in [0.05, 0.1) is 24.9 Å². The minimum atomic E-state index is -0.539. The molecule has 0 unspecified atom stereocenters. The highest BCUT2D eigenvalue weighted by molar-refractivity contribution is 5.85. The lowest BCUT2D eigenvalue weighted by Gasteiger charge is -2.42. The second-order valence-corrected chi connectivity index (χ2v) is 9.12. The topological polar surface area (TPSA) is 123 Å². The minimum Gasteiger partial charge on any atom is -0.469 e. The molecule has 1 aromatic rings. The number of ether oxygens (including phenoxy) is 2. The Kier molecular flexibility index (Phi) is 7.15. The smallest absolute Gasteiger partial charge is 0.407 e. The molecule has 33 heavy (non-hydrogen) atoms. The molecule has 4 rings (SSSR count). The summed E-state index contributed by atoms with van der Waals surface area (Å²) in [5.41, 5.74) is 0.893. The van der Waals surface area contributed by atoms with E-state index >= 15 is 0 Å². The lowest BCUT2D eigenvalue weighted by atomic mass is 9.75. The SMILES string of the molecule is COC(=O)[C@@H]1CC[C@@H]1NC(=O)[C@@H]1CC[C@@H]1NC(=O)[C@@H]1CC[C@@H]1NC(=O)OCc1ccccc1. The first-order valence-corrected chi connectivity index (χ1v) is 11.6. The number of rotatable bonds is 8.